The summed E-state index contributed by atoms with van der Waals surface area (Å²) in [4.78, 5) is 0. The molecule has 2 saturated heterocycles. The molecule has 4 heteroatoms. The van der Waals surface area contributed by atoms with Gasteiger partial charge < -0.3 is 4.52 Å². The molecule has 1 aromatic rings. The van der Waals surface area contributed by atoms with Crippen molar-refractivity contribution in [3.63, 3.8) is 0 Å². The van der Waals surface area contributed by atoms with Crippen LogP contribution in [-0.4, -0.2) is 22.9 Å². The number of halogens is 1. The smallest absolute Gasteiger partial charge is 0.207 e. The number of benzene rings is 1. The van der Waals surface area contributed by atoms with E-state index in [1.54, 1.807) is 0 Å². The first-order chi connectivity index (χ1) is 8.19. The highest BCUT2D eigenvalue weighted by Crippen LogP contribution is 2.62. The summed E-state index contributed by atoms with van der Waals surface area (Å²) >= 11 is 6.33. The lowest BCUT2D eigenvalue weighted by Gasteiger charge is -2.28. The Labute approximate surface area is 109 Å². The zero-order valence-corrected chi connectivity index (χ0v) is 11.6. The zero-order chi connectivity index (χ0) is 11.9. The summed E-state index contributed by atoms with van der Waals surface area (Å²) in [6, 6.07) is 11.1. The van der Waals surface area contributed by atoms with Crippen molar-refractivity contribution >= 4 is 18.9 Å². The molecule has 0 N–H and O–H groups in total. The lowest BCUT2D eigenvalue weighted by atomic mass is 9.88. The molecule has 1 aromatic carbocycles. The normalized spacial score (nSPS) is 37.3. The average Bonchev–Trinajstić information content (AvgIpc) is 2.86. The van der Waals surface area contributed by atoms with Gasteiger partial charge in [0.2, 0.25) is 7.65 Å². The SMILES string of the molecule is C[C@]1(Cc2ccccc2)OP(Cl)N2CCC[C@H]21. The van der Waals surface area contributed by atoms with Gasteiger partial charge in [-0.3, -0.25) is 0 Å². The first kappa shape index (κ1) is 11.9. The van der Waals surface area contributed by atoms with Gasteiger partial charge in [-0.25, -0.2) is 4.67 Å². The summed E-state index contributed by atoms with van der Waals surface area (Å²) in [5.74, 6) is 0. The van der Waals surface area contributed by atoms with E-state index < -0.39 is 7.65 Å². The standard InChI is InChI=1S/C13H17ClNOP/c1-13(10-11-6-3-2-4-7-11)12-8-5-9-15(12)17(14)16-13/h2-4,6-7,12H,5,8-10H2,1H3/t12-,13+,17?/m0/s1. The van der Waals surface area contributed by atoms with E-state index in [1.807, 2.05) is 0 Å². The molecule has 0 saturated carbocycles. The molecular weight excluding hydrogens is 253 g/mol. The van der Waals surface area contributed by atoms with E-state index in [9.17, 15) is 0 Å². The van der Waals surface area contributed by atoms with E-state index in [0.29, 0.717) is 6.04 Å². The molecule has 0 amide bonds. The molecule has 0 spiro atoms. The van der Waals surface area contributed by atoms with E-state index in [1.165, 1.54) is 18.4 Å². The maximum Gasteiger partial charge on any atom is 0.207 e. The molecule has 1 unspecified atom stereocenters. The van der Waals surface area contributed by atoms with Gasteiger partial charge >= 0.3 is 0 Å². The maximum atomic E-state index is 6.33. The van der Waals surface area contributed by atoms with Crippen LogP contribution in [0.25, 0.3) is 0 Å². The summed E-state index contributed by atoms with van der Waals surface area (Å²) in [5, 5.41) is 0. The minimum Gasteiger partial charge on any atom is -0.323 e. The van der Waals surface area contributed by atoms with Crippen LogP contribution in [0.5, 0.6) is 0 Å². The Hall–Kier alpha value is -0.140. The van der Waals surface area contributed by atoms with Gasteiger partial charge in [-0.1, -0.05) is 30.3 Å². The van der Waals surface area contributed by atoms with Crippen LogP contribution in [0.4, 0.5) is 0 Å². The molecular formula is C13H17ClNOP. The summed E-state index contributed by atoms with van der Waals surface area (Å²) in [5.41, 5.74) is 1.23. The van der Waals surface area contributed by atoms with Crippen molar-refractivity contribution < 1.29 is 4.52 Å². The van der Waals surface area contributed by atoms with E-state index in [0.717, 1.165) is 13.0 Å². The molecule has 3 rings (SSSR count). The van der Waals surface area contributed by atoms with Gasteiger partial charge in [-0.15, -0.1) is 0 Å². The third-order valence-electron chi connectivity index (χ3n) is 3.81. The van der Waals surface area contributed by atoms with Gasteiger partial charge in [-0.2, -0.15) is 0 Å². The molecule has 0 radical (unpaired) electrons. The quantitative estimate of drug-likeness (QED) is 0.754. The number of rotatable bonds is 2. The Morgan fingerprint density at radius 3 is 3.00 bits per heavy atom. The summed E-state index contributed by atoms with van der Waals surface area (Å²) in [6.07, 6.45) is 3.43. The minimum atomic E-state index is -0.884. The van der Waals surface area contributed by atoms with E-state index >= 15 is 0 Å². The van der Waals surface area contributed by atoms with Crippen molar-refractivity contribution in [2.75, 3.05) is 6.54 Å². The van der Waals surface area contributed by atoms with Gasteiger partial charge in [0.1, 0.15) is 0 Å². The fourth-order valence-corrected chi connectivity index (χ4v) is 5.53. The van der Waals surface area contributed by atoms with Gasteiger partial charge in [0, 0.05) is 19.0 Å². The third kappa shape index (κ3) is 2.13. The number of hydrogen-bond acceptors (Lipinski definition) is 2. The highest BCUT2D eigenvalue weighted by molar-refractivity contribution is 7.78. The van der Waals surface area contributed by atoms with Crippen LogP contribution in [0.3, 0.4) is 0 Å². The van der Waals surface area contributed by atoms with Crippen molar-refractivity contribution in [3.8, 4) is 0 Å². The number of hydrogen-bond donors (Lipinski definition) is 0. The number of fused-ring (bicyclic) bond motifs is 1. The van der Waals surface area contributed by atoms with E-state index in [4.69, 9.17) is 15.8 Å². The van der Waals surface area contributed by atoms with Crippen LogP contribution < -0.4 is 0 Å². The maximum absolute atomic E-state index is 6.33. The number of nitrogens with zero attached hydrogens (tertiary/aromatic N) is 1. The largest absolute Gasteiger partial charge is 0.323 e. The van der Waals surface area contributed by atoms with Crippen LogP contribution in [-0.2, 0) is 10.9 Å². The Morgan fingerprint density at radius 2 is 2.24 bits per heavy atom. The lowest BCUT2D eigenvalue weighted by Crippen LogP contribution is -2.41. The van der Waals surface area contributed by atoms with Gasteiger partial charge in [0.05, 0.1) is 5.60 Å². The Morgan fingerprint density at radius 1 is 1.47 bits per heavy atom. The second-order valence-electron chi connectivity index (χ2n) is 5.11. The van der Waals surface area contributed by atoms with Crippen molar-refractivity contribution in [1.82, 2.24) is 4.67 Å². The predicted octanol–water partition coefficient (Wildman–Crippen LogP) is 3.95. The van der Waals surface area contributed by atoms with Crippen LogP contribution in [0.15, 0.2) is 30.3 Å². The minimum absolute atomic E-state index is 0.106. The predicted molar refractivity (Wildman–Crippen MR) is 72.1 cm³/mol. The molecule has 2 fully saturated rings. The van der Waals surface area contributed by atoms with Crippen molar-refractivity contribution in [3.05, 3.63) is 35.9 Å². The topological polar surface area (TPSA) is 12.5 Å². The van der Waals surface area contributed by atoms with Crippen LogP contribution in [0.2, 0.25) is 0 Å². The van der Waals surface area contributed by atoms with Crippen molar-refractivity contribution in [2.24, 2.45) is 0 Å². The van der Waals surface area contributed by atoms with Crippen LogP contribution >= 0.6 is 18.9 Å². The molecule has 2 nitrogen and oxygen atoms in total. The Kier molecular flexibility index (Phi) is 3.16. The molecule has 0 bridgehead atoms. The molecule has 2 aliphatic rings. The third-order valence-corrected chi connectivity index (χ3v) is 6.05. The second-order valence-corrected chi connectivity index (χ2v) is 7.13. The fourth-order valence-electron chi connectivity index (χ4n) is 3.00. The lowest BCUT2D eigenvalue weighted by molar-refractivity contribution is 0.0916. The van der Waals surface area contributed by atoms with Gasteiger partial charge in [0.15, 0.2) is 0 Å². The summed E-state index contributed by atoms with van der Waals surface area (Å²) in [6.45, 7) is 3.32. The molecule has 0 aliphatic carbocycles. The van der Waals surface area contributed by atoms with Crippen molar-refractivity contribution in [1.29, 1.82) is 0 Å². The molecule has 92 valence electrons. The van der Waals surface area contributed by atoms with Gasteiger partial charge in [-0.05, 0) is 36.6 Å². The summed E-state index contributed by atoms with van der Waals surface area (Å²) < 4.78 is 8.44. The second kappa shape index (κ2) is 4.51. The molecule has 2 aliphatic heterocycles. The van der Waals surface area contributed by atoms with Gasteiger partial charge in [0.25, 0.3) is 0 Å². The van der Waals surface area contributed by atoms with E-state index in [2.05, 4.69) is 41.9 Å². The highest BCUT2D eigenvalue weighted by Gasteiger charge is 2.52. The molecule has 2 heterocycles. The monoisotopic (exact) mass is 269 g/mol. The van der Waals surface area contributed by atoms with E-state index in [-0.39, 0.29) is 5.60 Å². The molecule has 17 heavy (non-hydrogen) atoms. The zero-order valence-electron chi connectivity index (χ0n) is 9.97. The molecule has 3 atom stereocenters. The first-order valence-corrected chi connectivity index (χ1v) is 8.26. The summed E-state index contributed by atoms with van der Waals surface area (Å²) in [7, 11) is -0.884. The van der Waals surface area contributed by atoms with Crippen molar-refractivity contribution in [2.45, 2.75) is 37.8 Å². The Bertz CT molecular complexity index is 402. The van der Waals surface area contributed by atoms with Crippen LogP contribution in [0, 0.1) is 0 Å². The van der Waals surface area contributed by atoms with Crippen LogP contribution in [0.1, 0.15) is 25.3 Å². The molecule has 0 aromatic heterocycles. The fraction of sp³-hybridized carbons (Fsp3) is 0.538. The average molecular weight is 270 g/mol. The Balaban J connectivity index is 1.82. The first-order valence-electron chi connectivity index (χ1n) is 6.14. The highest BCUT2D eigenvalue weighted by atomic mass is 35.7.